The fourth-order valence-electron chi connectivity index (χ4n) is 1.56. The Balaban J connectivity index is 2.09. The highest BCUT2D eigenvalue weighted by Gasteiger charge is 2.23. The van der Waals surface area contributed by atoms with E-state index >= 15 is 0 Å². The van der Waals surface area contributed by atoms with E-state index in [2.05, 4.69) is 15.3 Å². The van der Waals surface area contributed by atoms with Crippen molar-refractivity contribution in [3.05, 3.63) is 38.8 Å². The number of hydrogen-bond acceptors (Lipinski definition) is 7. The molecule has 0 saturated heterocycles. The van der Waals surface area contributed by atoms with Gasteiger partial charge in [0.05, 0.1) is 12.0 Å². The Morgan fingerprint density at radius 2 is 2.37 bits per heavy atom. The van der Waals surface area contributed by atoms with Crippen LogP contribution in [0.4, 0.5) is 11.5 Å². The van der Waals surface area contributed by atoms with Crippen molar-refractivity contribution < 1.29 is 9.66 Å². The third-order valence-corrected chi connectivity index (χ3v) is 3.34. The van der Waals surface area contributed by atoms with Gasteiger partial charge in [-0.3, -0.25) is 10.1 Å². The average molecular weight is 280 g/mol. The number of rotatable bonds is 6. The molecule has 0 unspecified atom stereocenters. The van der Waals surface area contributed by atoms with E-state index in [1.807, 2.05) is 17.5 Å². The fourth-order valence-corrected chi connectivity index (χ4v) is 2.27. The molecule has 0 atom stereocenters. The zero-order chi connectivity index (χ0) is 13.7. The fraction of sp³-hybridized carbons (Fsp3) is 0.273. The van der Waals surface area contributed by atoms with Crippen LogP contribution in [0, 0.1) is 10.1 Å². The number of hydrogen-bond donors (Lipinski definition) is 1. The van der Waals surface area contributed by atoms with Crippen LogP contribution in [-0.2, 0) is 6.42 Å². The first-order valence-electron chi connectivity index (χ1n) is 5.52. The summed E-state index contributed by atoms with van der Waals surface area (Å²) in [6.07, 6.45) is 2.01. The molecule has 0 bridgehead atoms. The van der Waals surface area contributed by atoms with Crippen molar-refractivity contribution in [3.8, 4) is 5.88 Å². The van der Waals surface area contributed by atoms with Crippen LogP contribution in [0.5, 0.6) is 5.88 Å². The second kappa shape index (κ2) is 6.10. The van der Waals surface area contributed by atoms with Gasteiger partial charge in [-0.15, -0.1) is 11.3 Å². The Bertz CT molecular complexity index is 559. The average Bonchev–Trinajstić information content (AvgIpc) is 2.91. The molecule has 0 aliphatic rings. The lowest BCUT2D eigenvalue weighted by atomic mass is 10.3. The van der Waals surface area contributed by atoms with Gasteiger partial charge in [-0.05, 0) is 17.9 Å². The molecule has 0 amide bonds. The summed E-state index contributed by atoms with van der Waals surface area (Å²) in [4.78, 5) is 19.3. The minimum absolute atomic E-state index is 0.0429. The van der Waals surface area contributed by atoms with Crippen molar-refractivity contribution in [1.82, 2.24) is 9.97 Å². The number of aromatic nitrogens is 2. The molecule has 2 aromatic rings. The standard InChI is InChI=1S/C11H12N4O3S/c1-18-11-9(15(16)17)10(13-7-14-11)12-5-4-8-3-2-6-19-8/h2-3,6-7H,4-5H2,1H3,(H,12,13,14). The lowest BCUT2D eigenvalue weighted by Gasteiger charge is -2.06. The van der Waals surface area contributed by atoms with E-state index in [0.29, 0.717) is 6.54 Å². The van der Waals surface area contributed by atoms with Gasteiger partial charge in [-0.2, -0.15) is 4.98 Å². The molecule has 8 heteroatoms. The number of nitrogens with one attached hydrogen (secondary N) is 1. The predicted octanol–water partition coefficient (Wildman–Crippen LogP) is 2.11. The topological polar surface area (TPSA) is 90.2 Å². The molecular formula is C11H12N4O3S. The van der Waals surface area contributed by atoms with Gasteiger partial charge in [-0.25, -0.2) is 4.98 Å². The highest BCUT2D eigenvalue weighted by molar-refractivity contribution is 7.09. The Morgan fingerprint density at radius 3 is 3.00 bits per heavy atom. The molecule has 0 aliphatic heterocycles. The number of nitrogens with zero attached hydrogens (tertiary/aromatic N) is 3. The molecular weight excluding hydrogens is 268 g/mol. The van der Waals surface area contributed by atoms with E-state index in [4.69, 9.17) is 4.74 Å². The van der Waals surface area contributed by atoms with E-state index < -0.39 is 4.92 Å². The van der Waals surface area contributed by atoms with Gasteiger partial charge in [0.15, 0.2) is 0 Å². The number of methoxy groups -OCH3 is 1. The molecule has 0 spiro atoms. The molecule has 2 heterocycles. The minimum Gasteiger partial charge on any atom is -0.476 e. The molecule has 7 nitrogen and oxygen atoms in total. The molecule has 0 aliphatic carbocycles. The molecule has 0 aromatic carbocycles. The molecule has 2 rings (SSSR count). The normalized spacial score (nSPS) is 10.2. The SMILES string of the molecule is COc1ncnc(NCCc2cccs2)c1[N+](=O)[O-]. The summed E-state index contributed by atoms with van der Waals surface area (Å²) in [5.41, 5.74) is -0.240. The summed E-state index contributed by atoms with van der Waals surface area (Å²) >= 11 is 1.64. The second-order valence-electron chi connectivity index (χ2n) is 3.59. The van der Waals surface area contributed by atoms with Crippen molar-refractivity contribution in [3.63, 3.8) is 0 Å². The minimum atomic E-state index is -0.549. The van der Waals surface area contributed by atoms with Gasteiger partial charge in [0, 0.05) is 11.4 Å². The molecule has 2 aromatic heterocycles. The third-order valence-electron chi connectivity index (χ3n) is 2.41. The van der Waals surface area contributed by atoms with Crippen LogP contribution < -0.4 is 10.1 Å². The summed E-state index contributed by atoms with van der Waals surface area (Å²) in [6.45, 7) is 0.557. The van der Waals surface area contributed by atoms with Gasteiger partial charge in [0.25, 0.3) is 5.88 Å². The molecule has 19 heavy (non-hydrogen) atoms. The first-order valence-corrected chi connectivity index (χ1v) is 6.40. The van der Waals surface area contributed by atoms with Crippen molar-refractivity contribution in [2.24, 2.45) is 0 Å². The van der Waals surface area contributed by atoms with E-state index in [0.717, 1.165) is 6.42 Å². The molecule has 1 N–H and O–H groups in total. The number of thiophene rings is 1. The second-order valence-corrected chi connectivity index (χ2v) is 4.63. The van der Waals surface area contributed by atoms with Crippen LogP contribution in [0.15, 0.2) is 23.8 Å². The Morgan fingerprint density at radius 1 is 1.53 bits per heavy atom. The monoisotopic (exact) mass is 280 g/mol. The molecule has 0 fully saturated rings. The van der Waals surface area contributed by atoms with E-state index in [1.165, 1.54) is 18.3 Å². The Hall–Kier alpha value is -2.22. The Labute approximate surface area is 113 Å². The van der Waals surface area contributed by atoms with E-state index in [-0.39, 0.29) is 17.4 Å². The highest BCUT2D eigenvalue weighted by Crippen LogP contribution is 2.30. The van der Waals surface area contributed by atoms with Gasteiger partial charge in [-0.1, -0.05) is 6.07 Å². The summed E-state index contributed by atoms with van der Waals surface area (Å²) in [5, 5.41) is 15.9. The third kappa shape index (κ3) is 3.16. The summed E-state index contributed by atoms with van der Waals surface area (Å²) in [6, 6.07) is 3.98. The van der Waals surface area contributed by atoms with Crippen LogP contribution in [0.3, 0.4) is 0 Å². The van der Waals surface area contributed by atoms with Crippen LogP contribution in [0.2, 0.25) is 0 Å². The first kappa shape index (κ1) is 13.2. The smallest absolute Gasteiger partial charge is 0.372 e. The van der Waals surface area contributed by atoms with E-state index in [1.54, 1.807) is 11.3 Å². The van der Waals surface area contributed by atoms with Gasteiger partial charge in [0.1, 0.15) is 6.33 Å². The summed E-state index contributed by atoms with van der Waals surface area (Å²) in [7, 11) is 1.34. The first-order chi connectivity index (χ1) is 9.22. The molecule has 100 valence electrons. The number of anilines is 1. The number of ether oxygens (including phenoxy) is 1. The summed E-state index contributed by atoms with van der Waals surface area (Å²) in [5.74, 6) is 0.132. The maximum Gasteiger partial charge on any atom is 0.372 e. The maximum absolute atomic E-state index is 11.0. The van der Waals surface area contributed by atoms with Crippen molar-refractivity contribution in [2.45, 2.75) is 6.42 Å². The van der Waals surface area contributed by atoms with Crippen molar-refractivity contribution >= 4 is 22.8 Å². The highest BCUT2D eigenvalue weighted by atomic mass is 32.1. The van der Waals surface area contributed by atoms with Crippen LogP contribution in [0.1, 0.15) is 4.88 Å². The zero-order valence-corrected chi connectivity index (χ0v) is 11.0. The largest absolute Gasteiger partial charge is 0.476 e. The summed E-state index contributed by atoms with van der Waals surface area (Å²) < 4.78 is 4.87. The van der Waals surface area contributed by atoms with Gasteiger partial charge in [0.2, 0.25) is 5.82 Å². The van der Waals surface area contributed by atoms with Crippen LogP contribution in [-0.4, -0.2) is 28.5 Å². The van der Waals surface area contributed by atoms with Gasteiger partial charge < -0.3 is 10.1 Å². The zero-order valence-electron chi connectivity index (χ0n) is 10.2. The lowest BCUT2D eigenvalue weighted by molar-refractivity contribution is -0.385. The molecule has 0 saturated carbocycles. The van der Waals surface area contributed by atoms with Crippen LogP contribution in [0.25, 0.3) is 0 Å². The molecule has 0 radical (unpaired) electrons. The maximum atomic E-state index is 11.0. The Kier molecular flexibility index (Phi) is 4.24. The quantitative estimate of drug-likeness (QED) is 0.643. The van der Waals surface area contributed by atoms with E-state index in [9.17, 15) is 10.1 Å². The van der Waals surface area contributed by atoms with Crippen LogP contribution >= 0.6 is 11.3 Å². The van der Waals surface area contributed by atoms with Gasteiger partial charge >= 0.3 is 5.69 Å². The van der Waals surface area contributed by atoms with Crippen molar-refractivity contribution in [2.75, 3.05) is 19.0 Å². The lowest BCUT2D eigenvalue weighted by Crippen LogP contribution is -2.09. The van der Waals surface area contributed by atoms with Crippen molar-refractivity contribution in [1.29, 1.82) is 0 Å². The number of nitro groups is 1. The predicted molar refractivity (Wildman–Crippen MR) is 71.8 cm³/mol.